The van der Waals surface area contributed by atoms with Gasteiger partial charge in [0.05, 0.1) is 0 Å². The summed E-state index contributed by atoms with van der Waals surface area (Å²) in [5.74, 6) is -1.02. The van der Waals surface area contributed by atoms with Crippen molar-refractivity contribution in [2.45, 2.75) is 25.7 Å². The van der Waals surface area contributed by atoms with Crippen LogP contribution in [0.1, 0.15) is 35.2 Å². The predicted octanol–water partition coefficient (Wildman–Crippen LogP) is 2.15. The molecule has 0 aliphatic carbocycles. The number of carboxylic acid groups (broad SMARTS) is 1. The average Bonchev–Trinajstić information content (AvgIpc) is 2.95. The van der Waals surface area contributed by atoms with E-state index in [1.165, 1.54) is 6.39 Å². The lowest BCUT2D eigenvalue weighted by Crippen LogP contribution is -2.46. The van der Waals surface area contributed by atoms with Crippen molar-refractivity contribution >= 4 is 11.9 Å². The molecule has 1 amide bonds. The van der Waals surface area contributed by atoms with Gasteiger partial charge >= 0.3 is 5.97 Å². The smallest absolute Gasteiger partial charge is 0.315 e. The first kappa shape index (κ1) is 15.8. The molecule has 1 aromatic carbocycles. The van der Waals surface area contributed by atoms with Gasteiger partial charge in [-0.25, -0.2) is 4.98 Å². The van der Waals surface area contributed by atoms with Gasteiger partial charge in [-0.1, -0.05) is 37.3 Å². The van der Waals surface area contributed by atoms with Crippen LogP contribution in [0.4, 0.5) is 0 Å². The lowest BCUT2D eigenvalue weighted by Gasteiger charge is -2.28. The van der Waals surface area contributed by atoms with E-state index >= 15 is 0 Å². The Hall–Kier alpha value is -2.63. The van der Waals surface area contributed by atoms with Crippen molar-refractivity contribution in [3.63, 3.8) is 0 Å². The molecule has 1 atom stereocenters. The fourth-order valence-electron chi connectivity index (χ4n) is 2.38. The van der Waals surface area contributed by atoms with Crippen LogP contribution in [-0.4, -0.2) is 28.5 Å². The van der Waals surface area contributed by atoms with Crippen molar-refractivity contribution in [3.8, 4) is 0 Å². The maximum absolute atomic E-state index is 12.1. The summed E-state index contributed by atoms with van der Waals surface area (Å²) in [4.78, 5) is 27.8. The Morgan fingerprint density at radius 1 is 1.32 bits per heavy atom. The van der Waals surface area contributed by atoms with Crippen molar-refractivity contribution in [2.75, 3.05) is 6.54 Å². The summed E-state index contributed by atoms with van der Waals surface area (Å²) in [6.07, 6.45) is 1.54. The zero-order valence-corrected chi connectivity index (χ0v) is 12.5. The minimum Gasteiger partial charge on any atom is -0.481 e. The lowest BCUT2D eigenvalue weighted by molar-refractivity contribution is -0.143. The lowest BCUT2D eigenvalue weighted by atomic mass is 9.78. The monoisotopic (exact) mass is 302 g/mol. The van der Waals surface area contributed by atoms with Gasteiger partial charge in [-0.15, -0.1) is 0 Å². The van der Waals surface area contributed by atoms with Crippen LogP contribution in [-0.2, 0) is 10.2 Å². The number of rotatable bonds is 6. The highest BCUT2D eigenvalue weighted by Crippen LogP contribution is 2.28. The molecule has 2 rings (SSSR count). The van der Waals surface area contributed by atoms with E-state index in [1.807, 2.05) is 6.07 Å². The number of nitrogens with zero attached hydrogens (tertiary/aromatic N) is 1. The standard InChI is InChI=1S/C16H18N2O4/c1-3-16(15(20)21,12-7-5-4-6-8-12)9-17-14(19)13-11(2)22-10-18-13/h4-8,10H,3,9H2,1-2H3,(H,17,19)(H,20,21). The quantitative estimate of drug-likeness (QED) is 0.853. The second-order valence-electron chi connectivity index (χ2n) is 5.05. The van der Waals surface area contributed by atoms with Crippen LogP contribution in [0.15, 0.2) is 41.1 Å². The minimum atomic E-state index is -1.17. The number of nitrogens with one attached hydrogen (secondary N) is 1. The van der Waals surface area contributed by atoms with Gasteiger partial charge in [0, 0.05) is 6.54 Å². The molecule has 22 heavy (non-hydrogen) atoms. The summed E-state index contributed by atoms with van der Waals surface area (Å²) in [6.45, 7) is 3.39. The molecule has 1 heterocycles. The van der Waals surface area contributed by atoms with Crippen molar-refractivity contribution in [1.29, 1.82) is 0 Å². The maximum Gasteiger partial charge on any atom is 0.315 e. The molecule has 0 bridgehead atoms. The summed E-state index contributed by atoms with van der Waals surface area (Å²) in [5, 5.41) is 12.3. The molecule has 1 unspecified atom stereocenters. The highest BCUT2D eigenvalue weighted by molar-refractivity contribution is 5.93. The Labute approximate surface area is 128 Å². The van der Waals surface area contributed by atoms with Crippen LogP contribution in [0.25, 0.3) is 0 Å². The topological polar surface area (TPSA) is 92.4 Å². The number of aromatic nitrogens is 1. The largest absolute Gasteiger partial charge is 0.481 e. The van der Waals surface area contributed by atoms with Gasteiger partial charge < -0.3 is 14.8 Å². The van der Waals surface area contributed by atoms with Gasteiger partial charge in [0.15, 0.2) is 12.1 Å². The number of amides is 1. The molecule has 2 aromatic rings. The maximum atomic E-state index is 12.1. The number of carbonyl (C=O) groups excluding carboxylic acids is 1. The van der Waals surface area contributed by atoms with Gasteiger partial charge in [0.1, 0.15) is 11.2 Å². The molecule has 6 heteroatoms. The average molecular weight is 302 g/mol. The molecule has 0 aliphatic heterocycles. The zero-order chi connectivity index (χ0) is 16.2. The van der Waals surface area contributed by atoms with Gasteiger partial charge in [-0.3, -0.25) is 9.59 Å². The third-order valence-corrected chi connectivity index (χ3v) is 3.85. The molecule has 116 valence electrons. The molecular formula is C16H18N2O4. The predicted molar refractivity (Wildman–Crippen MR) is 79.6 cm³/mol. The van der Waals surface area contributed by atoms with Crippen LogP contribution in [0.3, 0.4) is 0 Å². The van der Waals surface area contributed by atoms with E-state index in [4.69, 9.17) is 4.42 Å². The second kappa shape index (κ2) is 6.43. The number of carbonyl (C=O) groups is 2. The van der Waals surface area contributed by atoms with E-state index < -0.39 is 17.3 Å². The molecule has 1 aromatic heterocycles. The van der Waals surface area contributed by atoms with E-state index in [9.17, 15) is 14.7 Å². The van der Waals surface area contributed by atoms with Crippen molar-refractivity contribution in [3.05, 3.63) is 53.7 Å². The molecule has 6 nitrogen and oxygen atoms in total. The second-order valence-corrected chi connectivity index (χ2v) is 5.05. The van der Waals surface area contributed by atoms with Crippen molar-refractivity contribution in [2.24, 2.45) is 0 Å². The Kier molecular flexibility index (Phi) is 4.60. The molecule has 2 N–H and O–H groups in total. The van der Waals surface area contributed by atoms with E-state index in [0.29, 0.717) is 17.7 Å². The number of hydrogen-bond donors (Lipinski definition) is 2. The number of benzene rings is 1. The fourth-order valence-corrected chi connectivity index (χ4v) is 2.38. The fraction of sp³-hybridized carbons (Fsp3) is 0.312. The number of oxazole rings is 1. The molecule has 0 saturated heterocycles. The zero-order valence-electron chi connectivity index (χ0n) is 12.5. The molecule has 0 saturated carbocycles. The minimum absolute atomic E-state index is 0.0199. The summed E-state index contributed by atoms with van der Waals surface area (Å²) in [7, 11) is 0. The van der Waals surface area contributed by atoms with Crippen LogP contribution >= 0.6 is 0 Å². The van der Waals surface area contributed by atoms with Crippen LogP contribution < -0.4 is 5.32 Å². The number of aliphatic carboxylic acids is 1. The SMILES string of the molecule is CCC(CNC(=O)c1ncoc1C)(C(=O)O)c1ccccc1. The van der Waals surface area contributed by atoms with Crippen molar-refractivity contribution in [1.82, 2.24) is 10.3 Å². The summed E-state index contributed by atoms with van der Waals surface area (Å²) in [6, 6.07) is 8.90. The number of carboxylic acids is 1. The Morgan fingerprint density at radius 2 is 2.00 bits per heavy atom. The van der Waals surface area contributed by atoms with Crippen LogP contribution in [0.2, 0.25) is 0 Å². The third kappa shape index (κ3) is 2.86. The molecule has 0 fully saturated rings. The normalized spacial score (nSPS) is 13.4. The first-order valence-electron chi connectivity index (χ1n) is 6.98. The van der Waals surface area contributed by atoms with Crippen LogP contribution in [0, 0.1) is 6.92 Å². The van der Waals surface area contributed by atoms with Gasteiger partial charge in [-0.2, -0.15) is 0 Å². The Morgan fingerprint density at radius 3 is 2.50 bits per heavy atom. The Bertz CT molecular complexity index is 666. The molecule has 0 spiro atoms. The van der Waals surface area contributed by atoms with E-state index in [2.05, 4.69) is 10.3 Å². The summed E-state index contributed by atoms with van der Waals surface area (Å²) >= 11 is 0. The number of hydrogen-bond acceptors (Lipinski definition) is 4. The van der Waals surface area contributed by atoms with Gasteiger partial charge in [0.25, 0.3) is 5.91 Å². The number of aryl methyl sites for hydroxylation is 1. The first-order valence-corrected chi connectivity index (χ1v) is 6.98. The van der Waals surface area contributed by atoms with E-state index in [-0.39, 0.29) is 12.2 Å². The van der Waals surface area contributed by atoms with E-state index in [1.54, 1.807) is 38.1 Å². The molecule has 0 radical (unpaired) electrons. The third-order valence-electron chi connectivity index (χ3n) is 3.85. The van der Waals surface area contributed by atoms with Crippen LogP contribution in [0.5, 0.6) is 0 Å². The molecule has 0 aliphatic rings. The summed E-state index contributed by atoms with van der Waals surface area (Å²) in [5.41, 5.74) is -0.347. The molecular weight excluding hydrogens is 284 g/mol. The first-order chi connectivity index (χ1) is 10.5. The summed E-state index contributed by atoms with van der Waals surface area (Å²) < 4.78 is 4.99. The van der Waals surface area contributed by atoms with Gasteiger partial charge in [0.2, 0.25) is 0 Å². The van der Waals surface area contributed by atoms with Gasteiger partial charge in [-0.05, 0) is 18.9 Å². The van der Waals surface area contributed by atoms with Crippen molar-refractivity contribution < 1.29 is 19.1 Å². The Balaban J connectivity index is 2.23. The highest BCUT2D eigenvalue weighted by atomic mass is 16.4. The highest BCUT2D eigenvalue weighted by Gasteiger charge is 2.39. The van der Waals surface area contributed by atoms with E-state index in [0.717, 1.165) is 0 Å².